The van der Waals surface area contributed by atoms with E-state index < -0.39 is 5.92 Å². The normalized spacial score (nSPS) is 12.5. The first-order chi connectivity index (χ1) is 14.3. The van der Waals surface area contributed by atoms with Gasteiger partial charge in [-0.05, 0) is 60.6 Å². The second-order valence-corrected chi connectivity index (χ2v) is 8.18. The van der Waals surface area contributed by atoms with E-state index in [2.05, 4.69) is 10.3 Å². The van der Waals surface area contributed by atoms with Crippen LogP contribution in [0, 0.1) is 11.7 Å². The van der Waals surface area contributed by atoms with E-state index in [1.165, 1.54) is 12.1 Å². The highest BCUT2D eigenvalue weighted by atomic mass is 19.1. The Balaban J connectivity index is 1.88. The number of carbonyl (C=O) groups is 1. The van der Waals surface area contributed by atoms with Gasteiger partial charge >= 0.3 is 0 Å². The van der Waals surface area contributed by atoms with Crippen molar-refractivity contribution in [1.29, 1.82) is 0 Å². The molecule has 3 rings (SSSR count). The number of nitrogens with one attached hydrogen (secondary N) is 2. The van der Waals surface area contributed by atoms with Gasteiger partial charge in [0.05, 0.1) is 5.92 Å². The van der Waals surface area contributed by atoms with E-state index in [9.17, 15) is 14.0 Å². The van der Waals surface area contributed by atoms with Crippen molar-refractivity contribution in [1.82, 2.24) is 15.2 Å². The van der Waals surface area contributed by atoms with E-state index >= 15 is 0 Å². The molecule has 1 aromatic heterocycles. The Bertz CT molecular complexity index is 1110. The maximum atomic E-state index is 13.4. The summed E-state index contributed by atoms with van der Waals surface area (Å²) in [6.07, 6.45) is 0. The first-order valence-electron chi connectivity index (χ1n) is 10.1. The number of halogens is 1. The number of aromatic amines is 1. The number of hydrogen-bond donors (Lipinski definition) is 2. The van der Waals surface area contributed by atoms with Crippen molar-refractivity contribution in [3.05, 3.63) is 70.3 Å². The summed E-state index contributed by atoms with van der Waals surface area (Å²) in [6.45, 7) is 5.14. The fourth-order valence-corrected chi connectivity index (χ4v) is 3.60. The highest BCUT2D eigenvalue weighted by Gasteiger charge is 2.26. The van der Waals surface area contributed by atoms with E-state index in [1.54, 1.807) is 12.1 Å². The Morgan fingerprint density at radius 1 is 1.07 bits per heavy atom. The molecule has 0 aliphatic carbocycles. The molecule has 2 aromatic carbocycles. The zero-order valence-electron chi connectivity index (χ0n) is 17.8. The Labute approximate surface area is 175 Å². The van der Waals surface area contributed by atoms with Crippen LogP contribution in [-0.2, 0) is 4.79 Å². The highest BCUT2D eigenvalue weighted by molar-refractivity contribution is 5.87. The van der Waals surface area contributed by atoms with Crippen LogP contribution in [0.25, 0.3) is 22.0 Å². The third-order valence-electron chi connectivity index (χ3n) is 5.20. The minimum absolute atomic E-state index is 0.0214. The Kier molecular flexibility index (Phi) is 6.67. The summed E-state index contributed by atoms with van der Waals surface area (Å²) in [4.78, 5) is 30.5. The number of likely N-dealkylation sites (N-methyl/N-ethyl adjacent to an activating group) is 1. The van der Waals surface area contributed by atoms with E-state index in [0.29, 0.717) is 17.8 Å². The van der Waals surface area contributed by atoms with Crippen LogP contribution >= 0.6 is 0 Å². The summed E-state index contributed by atoms with van der Waals surface area (Å²) in [7, 11) is 3.89. The lowest BCUT2D eigenvalue weighted by molar-refractivity contribution is -0.123. The molecule has 1 unspecified atom stereocenters. The minimum atomic E-state index is -0.524. The third-order valence-corrected chi connectivity index (χ3v) is 5.20. The van der Waals surface area contributed by atoms with Crippen LogP contribution in [0.1, 0.15) is 25.3 Å². The Morgan fingerprint density at radius 3 is 2.43 bits per heavy atom. The van der Waals surface area contributed by atoms with E-state index in [0.717, 1.165) is 22.9 Å². The smallest absolute Gasteiger partial charge is 0.252 e. The van der Waals surface area contributed by atoms with Crippen molar-refractivity contribution < 1.29 is 9.18 Å². The number of aromatic nitrogens is 1. The number of rotatable bonds is 7. The van der Waals surface area contributed by atoms with Crippen LogP contribution < -0.4 is 10.9 Å². The average Bonchev–Trinajstić information content (AvgIpc) is 2.68. The predicted molar refractivity (Wildman–Crippen MR) is 119 cm³/mol. The van der Waals surface area contributed by atoms with Gasteiger partial charge in [0.1, 0.15) is 5.82 Å². The molecule has 6 heteroatoms. The van der Waals surface area contributed by atoms with Gasteiger partial charge in [0.2, 0.25) is 5.91 Å². The van der Waals surface area contributed by atoms with Crippen LogP contribution in [0.15, 0.2) is 53.3 Å². The van der Waals surface area contributed by atoms with Crippen molar-refractivity contribution in [2.24, 2.45) is 5.92 Å². The lowest BCUT2D eigenvalue weighted by atomic mass is 9.88. The van der Waals surface area contributed by atoms with Gasteiger partial charge < -0.3 is 15.2 Å². The van der Waals surface area contributed by atoms with Crippen LogP contribution in [-0.4, -0.2) is 43.0 Å². The SMILES string of the molecule is CC(C)C(C(=O)NCCN(C)C)c1ccc(-c2ccc3cc(F)ccc3c2)[nH]c1=O. The molecule has 1 atom stereocenters. The fourth-order valence-electron chi connectivity index (χ4n) is 3.60. The number of hydrogen-bond acceptors (Lipinski definition) is 3. The van der Waals surface area contributed by atoms with Crippen molar-refractivity contribution in [3.63, 3.8) is 0 Å². The standard InChI is InChI=1S/C24H28FN3O2/c1-15(2)22(24(30)26-11-12-28(3)4)20-9-10-21(27-23(20)29)18-6-5-17-14-19(25)8-7-16(17)13-18/h5-10,13-15,22H,11-12H2,1-4H3,(H,26,30)(H,27,29). The molecule has 0 radical (unpaired) electrons. The van der Waals surface area contributed by atoms with Gasteiger partial charge in [-0.3, -0.25) is 9.59 Å². The number of benzene rings is 2. The average molecular weight is 410 g/mol. The zero-order valence-corrected chi connectivity index (χ0v) is 17.8. The molecular weight excluding hydrogens is 381 g/mol. The molecule has 0 saturated heterocycles. The molecule has 0 bridgehead atoms. The number of nitrogens with zero attached hydrogens (tertiary/aromatic N) is 1. The first kappa shape index (κ1) is 21.7. The summed E-state index contributed by atoms with van der Waals surface area (Å²) in [5.41, 5.74) is 1.67. The molecule has 3 aromatic rings. The highest BCUT2D eigenvalue weighted by Crippen LogP contribution is 2.26. The Hall–Kier alpha value is -2.99. The van der Waals surface area contributed by atoms with Gasteiger partial charge in [0.15, 0.2) is 0 Å². The zero-order chi connectivity index (χ0) is 21.8. The second-order valence-electron chi connectivity index (χ2n) is 8.18. The van der Waals surface area contributed by atoms with Crippen molar-refractivity contribution >= 4 is 16.7 Å². The fraction of sp³-hybridized carbons (Fsp3) is 0.333. The van der Waals surface area contributed by atoms with Crippen LogP contribution in [0.5, 0.6) is 0 Å². The number of H-pyrrole nitrogens is 1. The number of pyridine rings is 1. The molecule has 0 spiro atoms. The molecule has 0 fully saturated rings. The third kappa shape index (κ3) is 4.94. The maximum Gasteiger partial charge on any atom is 0.252 e. The van der Waals surface area contributed by atoms with Gasteiger partial charge in [-0.15, -0.1) is 0 Å². The van der Waals surface area contributed by atoms with E-state index in [4.69, 9.17) is 0 Å². The van der Waals surface area contributed by atoms with Gasteiger partial charge in [0, 0.05) is 24.3 Å². The maximum absolute atomic E-state index is 13.4. The summed E-state index contributed by atoms with van der Waals surface area (Å²) in [6, 6.07) is 13.8. The molecule has 0 aliphatic rings. The molecule has 1 heterocycles. The molecular formula is C24H28FN3O2. The molecule has 2 N–H and O–H groups in total. The summed E-state index contributed by atoms with van der Waals surface area (Å²) >= 11 is 0. The van der Waals surface area contributed by atoms with Crippen LogP contribution in [0.2, 0.25) is 0 Å². The molecule has 0 saturated carbocycles. The largest absolute Gasteiger partial charge is 0.354 e. The van der Waals surface area contributed by atoms with E-state index in [1.807, 2.05) is 57.1 Å². The molecule has 1 amide bonds. The van der Waals surface area contributed by atoms with Gasteiger partial charge in [-0.1, -0.05) is 38.1 Å². The van der Waals surface area contributed by atoms with E-state index in [-0.39, 0.29) is 23.2 Å². The summed E-state index contributed by atoms with van der Waals surface area (Å²) < 4.78 is 13.4. The number of amides is 1. The number of fused-ring (bicyclic) bond motifs is 1. The predicted octanol–water partition coefficient (Wildman–Crippen LogP) is 3.75. The topological polar surface area (TPSA) is 65.2 Å². The van der Waals surface area contributed by atoms with Gasteiger partial charge in [-0.2, -0.15) is 0 Å². The quantitative estimate of drug-likeness (QED) is 0.625. The molecule has 158 valence electrons. The van der Waals surface area contributed by atoms with Crippen molar-refractivity contribution in [3.8, 4) is 11.3 Å². The number of carbonyl (C=O) groups excluding carboxylic acids is 1. The van der Waals surface area contributed by atoms with Crippen LogP contribution in [0.3, 0.4) is 0 Å². The summed E-state index contributed by atoms with van der Waals surface area (Å²) in [5.74, 6) is -0.967. The van der Waals surface area contributed by atoms with Crippen LogP contribution in [0.4, 0.5) is 4.39 Å². The first-order valence-corrected chi connectivity index (χ1v) is 10.1. The van der Waals surface area contributed by atoms with Gasteiger partial charge in [-0.25, -0.2) is 4.39 Å². The molecule has 0 aliphatic heterocycles. The second kappa shape index (κ2) is 9.22. The molecule has 5 nitrogen and oxygen atoms in total. The minimum Gasteiger partial charge on any atom is -0.354 e. The van der Waals surface area contributed by atoms with Gasteiger partial charge in [0.25, 0.3) is 5.56 Å². The lowest BCUT2D eigenvalue weighted by Gasteiger charge is -2.21. The Morgan fingerprint density at radius 2 is 1.77 bits per heavy atom. The lowest BCUT2D eigenvalue weighted by Crippen LogP contribution is -2.38. The van der Waals surface area contributed by atoms with Crippen molar-refractivity contribution in [2.45, 2.75) is 19.8 Å². The monoisotopic (exact) mass is 409 g/mol. The van der Waals surface area contributed by atoms with Crippen molar-refractivity contribution in [2.75, 3.05) is 27.2 Å². The molecule has 30 heavy (non-hydrogen) atoms. The summed E-state index contributed by atoms with van der Waals surface area (Å²) in [5, 5.41) is 4.61.